The molecule has 0 spiro atoms. The van der Waals surface area contributed by atoms with E-state index in [1.54, 1.807) is 46.3 Å². The summed E-state index contributed by atoms with van der Waals surface area (Å²) in [5, 5.41) is 4.17. The number of ether oxygens (including phenoxy) is 1. The van der Waals surface area contributed by atoms with Crippen LogP contribution in [0.2, 0.25) is 0 Å². The molecule has 0 aromatic carbocycles. The summed E-state index contributed by atoms with van der Waals surface area (Å²) in [5.74, 6) is 0.434. The van der Waals surface area contributed by atoms with Crippen molar-refractivity contribution in [2.24, 2.45) is 0 Å². The number of nitrogens with zero attached hydrogens (tertiary/aromatic N) is 9. The highest BCUT2D eigenvalue weighted by molar-refractivity contribution is 6.04. The maximum Gasteiger partial charge on any atom is 0.324 e. The lowest BCUT2D eigenvalue weighted by atomic mass is 9.99. The zero-order valence-electron chi connectivity index (χ0n) is 21.2. The molecule has 1 fully saturated rings. The number of piperidine rings is 1. The number of fused-ring (bicyclic) bond motifs is 3. The zero-order chi connectivity index (χ0) is 26.2. The highest BCUT2D eigenvalue weighted by Crippen LogP contribution is 2.37. The average Bonchev–Trinajstić information content (AvgIpc) is 3.49. The normalized spacial score (nSPS) is 16.3. The number of amides is 3. The van der Waals surface area contributed by atoms with E-state index in [4.69, 9.17) is 9.72 Å². The van der Waals surface area contributed by atoms with Crippen molar-refractivity contribution in [2.75, 3.05) is 38.8 Å². The summed E-state index contributed by atoms with van der Waals surface area (Å²) >= 11 is 0. The van der Waals surface area contributed by atoms with Gasteiger partial charge in [0.05, 0.1) is 23.4 Å². The van der Waals surface area contributed by atoms with Gasteiger partial charge >= 0.3 is 6.03 Å². The molecule has 0 saturated carbocycles. The Morgan fingerprint density at radius 2 is 1.89 bits per heavy atom. The average molecular weight is 514 g/mol. The number of likely N-dealkylation sites (tertiary alicyclic amines) is 1. The second-order valence-corrected chi connectivity index (χ2v) is 9.47. The molecule has 2 aliphatic rings. The van der Waals surface area contributed by atoms with Gasteiger partial charge in [0.25, 0.3) is 0 Å². The van der Waals surface area contributed by atoms with Gasteiger partial charge in [-0.3, -0.25) is 14.7 Å². The lowest BCUT2D eigenvalue weighted by molar-refractivity contribution is -0.136. The molecule has 6 rings (SSSR count). The Morgan fingerprint density at radius 3 is 2.61 bits per heavy atom. The minimum absolute atomic E-state index is 0.0322. The molecule has 6 heterocycles. The summed E-state index contributed by atoms with van der Waals surface area (Å²) in [4.78, 5) is 49.7. The second kappa shape index (κ2) is 9.78. The van der Waals surface area contributed by atoms with E-state index < -0.39 is 0 Å². The van der Waals surface area contributed by atoms with E-state index in [9.17, 15) is 9.59 Å². The minimum atomic E-state index is -0.0780. The Labute approximate surface area is 218 Å². The van der Waals surface area contributed by atoms with Gasteiger partial charge in [0.1, 0.15) is 12.1 Å². The topological polar surface area (TPSA) is 122 Å². The van der Waals surface area contributed by atoms with Crippen LogP contribution in [-0.4, -0.2) is 91.4 Å². The van der Waals surface area contributed by atoms with E-state index in [-0.39, 0.29) is 24.6 Å². The lowest BCUT2D eigenvalue weighted by Crippen LogP contribution is -2.54. The van der Waals surface area contributed by atoms with Crippen molar-refractivity contribution in [3.63, 3.8) is 0 Å². The van der Waals surface area contributed by atoms with Crippen LogP contribution in [0.5, 0.6) is 0 Å². The predicted molar refractivity (Wildman–Crippen MR) is 139 cm³/mol. The van der Waals surface area contributed by atoms with Crippen LogP contribution in [0.4, 0.5) is 10.5 Å². The first-order chi connectivity index (χ1) is 18.5. The van der Waals surface area contributed by atoms with E-state index in [1.807, 2.05) is 29.3 Å². The minimum Gasteiger partial charge on any atom is -0.375 e. The quantitative estimate of drug-likeness (QED) is 0.398. The maximum absolute atomic E-state index is 13.5. The summed E-state index contributed by atoms with van der Waals surface area (Å²) in [6.07, 6.45) is 10.0. The number of carbonyl (C=O) groups is 2. The highest BCUT2D eigenvalue weighted by Gasteiger charge is 2.37. The van der Waals surface area contributed by atoms with Crippen LogP contribution >= 0.6 is 0 Å². The van der Waals surface area contributed by atoms with E-state index in [1.165, 1.54) is 7.11 Å². The number of urea groups is 1. The fourth-order valence-electron chi connectivity index (χ4n) is 5.12. The third-order valence-corrected chi connectivity index (χ3v) is 7.04. The molecule has 2 aliphatic heterocycles. The van der Waals surface area contributed by atoms with Crippen LogP contribution < -0.4 is 4.90 Å². The number of carbonyl (C=O) groups excluding carboxylic acids is 2. The van der Waals surface area contributed by atoms with Crippen LogP contribution in [0.25, 0.3) is 28.2 Å². The van der Waals surface area contributed by atoms with Crippen molar-refractivity contribution < 1.29 is 14.3 Å². The number of hydrogen-bond acceptors (Lipinski definition) is 8. The van der Waals surface area contributed by atoms with Crippen molar-refractivity contribution in [3.05, 3.63) is 54.7 Å². The number of pyridine rings is 2. The molecule has 0 radical (unpaired) electrons. The summed E-state index contributed by atoms with van der Waals surface area (Å²) in [5.41, 5.74) is 4.53. The summed E-state index contributed by atoms with van der Waals surface area (Å²) in [6, 6.07) is 5.46. The predicted octanol–water partition coefficient (Wildman–Crippen LogP) is 2.28. The third-order valence-electron chi connectivity index (χ3n) is 7.04. The molecule has 4 aromatic heterocycles. The molecule has 12 heteroatoms. The van der Waals surface area contributed by atoms with Crippen molar-refractivity contribution in [1.29, 1.82) is 0 Å². The summed E-state index contributed by atoms with van der Waals surface area (Å²) < 4.78 is 6.60. The Bertz CT molecular complexity index is 1480. The molecular weight excluding hydrogens is 486 g/mol. The first-order valence-corrected chi connectivity index (χ1v) is 12.5. The highest BCUT2D eigenvalue weighted by atomic mass is 16.5. The van der Waals surface area contributed by atoms with E-state index >= 15 is 0 Å². The van der Waals surface area contributed by atoms with Crippen LogP contribution in [0.3, 0.4) is 0 Å². The number of methoxy groups -OCH3 is 1. The first-order valence-electron chi connectivity index (χ1n) is 12.5. The Kier molecular flexibility index (Phi) is 6.16. The standard InChI is InChI=1S/C26H27N9O3/c1-32-15-18-14-27-21-5-4-20(17-12-28-25(29-13-17)34-9-3-8-30-34)31-23(21)24(18)35(26(32)37)19-6-10-33(11-7-19)22(36)16-38-2/h3-5,8-9,12-14,19H,6-7,10-11,15-16H2,1-2H3. The van der Waals surface area contributed by atoms with Gasteiger partial charge in [0.15, 0.2) is 0 Å². The van der Waals surface area contributed by atoms with Crippen molar-refractivity contribution >= 4 is 28.7 Å². The van der Waals surface area contributed by atoms with Crippen LogP contribution in [0.1, 0.15) is 18.4 Å². The van der Waals surface area contributed by atoms with Gasteiger partial charge < -0.3 is 14.5 Å². The van der Waals surface area contributed by atoms with E-state index in [2.05, 4.69) is 20.1 Å². The van der Waals surface area contributed by atoms with E-state index in [0.29, 0.717) is 55.2 Å². The molecule has 4 aromatic rings. The fraction of sp³-hybridized carbons (Fsp3) is 0.346. The van der Waals surface area contributed by atoms with Gasteiger partial charge in [0, 0.05) is 75.4 Å². The van der Waals surface area contributed by atoms with Gasteiger partial charge in [0.2, 0.25) is 11.9 Å². The largest absolute Gasteiger partial charge is 0.375 e. The molecule has 0 aliphatic carbocycles. The molecule has 0 unspecified atom stereocenters. The molecule has 0 N–H and O–H groups in total. The number of aromatic nitrogens is 6. The third kappa shape index (κ3) is 4.22. The molecule has 194 valence electrons. The molecule has 3 amide bonds. The Morgan fingerprint density at radius 1 is 1.11 bits per heavy atom. The van der Waals surface area contributed by atoms with E-state index in [0.717, 1.165) is 16.8 Å². The van der Waals surface area contributed by atoms with Gasteiger partial charge in [-0.25, -0.2) is 24.4 Å². The summed E-state index contributed by atoms with van der Waals surface area (Å²) in [6.45, 7) is 1.65. The smallest absolute Gasteiger partial charge is 0.324 e. The molecule has 38 heavy (non-hydrogen) atoms. The molecule has 0 bridgehead atoms. The van der Waals surface area contributed by atoms with Gasteiger partial charge in [-0.05, 0) is 31.0 Å². The van der Waals surface area contributed by atoms with Gasteiger partial charge in [-0.1, -0.05) is 0 Å². The van der Waals surface area contributed by atoms with Crippen molar-refractivity contribution in [2.45, 2.75) is 25.4 Å². The number of rotatable bonds is 5. The van der Waals surface area contributed by atoms with Crippen molar-refractivity contribution in [3.8, 4) is 17.2 Å². The molecule has 1 saturated heterocycles. The van der Waals surface area contributed by atoms with Crippen LogP contribution in [0, 0.1) is 0 Å². The van der Waals surface area contributed by atoms with Gasteiger partial charge in [-0.15, -0.1) is 0 Å². The van der Waals surface area contributed by atoms with Crippen molar-refractivity contribution in [1.82, 2.24) is 39.5 Å². The van der Waals surface area contributed by atoms with Crippen LogP contribution in [-0.2, 0) is 16.1 Å². The summed E-state index contributed by atoms with van der Waals surface area (Å²) in [7, 11) is 3.31. The zero-order valence-corrected chi connectivity index (χ0v) is 21.2. The van der Waals surface area contributed by atoms with Gasteiger partial charge in [-0.2, -0.15) is 5.10 Å². The maximum atomic E-state index is 13.5. The SMILES string of the molecule is COCC(=O)N1CCC(N2C(=O)N(C)Cc3cnc4ccc(-c5cnc(-n6cccn6)nc5)nc4c32)CC1. The second-order valence-electron chi connectivity index (χ2n) is 9.47. The lowest BCUT2D eigenvalue weighted by Gasteiger charge is -2.43. The molecule has 12 nitrogen and oxygen atoms in total. The Balaban J connectivity index is 1.36. The van der Waals surface area contributed by atoms with Crippen LogP contribution in [0.15, 0.2) is 49.2 Å². The number of anilines is 1. The molecule has 0 atom stereocenters. The monoisotopic (exact) mass is 513 g/mol. The Hall–Kier alpha value is -4.45. The molecular formula is C26H27N9O3. The fourth-order valence-corrected chi connectivity index (χ4v) is 5.12. The number of hydrogen-bond donors (Lipinski definition) is 0. The first kappa shape index (κ1) is 23.9.